The second kappa shape index (κ2) is 2.28. The Labute approximate surface area is 78.3 Å². The molecular formula is C11H16O2. The molecule has 3 fully saturated rings. The molecule has 1 N–H and O–H groups in total. The fourth-order valence-electron chi connectivity index (χ4n) is 4.57. The minimum absolute atomic E-state index is 0.0127. The third-order valence-electron chi connectivity index (χ3n) is 4.98. The van der Waals surface area contributed by atoms with E-state index >= 15 is 0 Å². The highest BCUT2D eigenvalue weighted by atomic mass is 16.4. The van der Waals surface area contributed by atoms with Gasteiger partial charge >= 0.3 is 5.97 Å². The molecule has 72 valence electrons. The van der Waals surface area contributed by atoms with Gasteiger partial charge in [-0.1, -0.05) is 6.42 Å². The predicted molar refractivity (Wildman–Crippen MR) is 48.2 cm³/mol. The van der Waals surface area contributed by atoms with Crippen LogP contribution in [-0.4, -0.2) is 11.1 Å². The second-order valence-electron chi connectivity index (χ2n) is 5.16. The molecule has 0 amide bonds. The molecule has 0 aromatic heterocycles. The van der Waals surface area contributed by atoms with E-state index in [9.17, 15) is 9.90 Å². The van der Waals surface area contributed by atoms with E-state index in [2.05, 4.69) is 0 Å². The minimum atomic E-state index is -0.519. The number of rotatable bonds is 1. The Kier molecular flexibility index (Phi) is 1.38. The van der Waals surface area contributed by atoms with Crippen LogP contribution in [0.25, 0.3) is 0 Å². The molecule has 0 aliphatic heterocycles. The van der Waals surface area contributed by atoms with Crippen LogP contribution in [0.5, 0.6) is 0 Å². The molecule has 2 bridgehead atoms. The summed E-state index contributed by atoms with van der Waals surface area (Å²) in [5.74, 6) is 1.05. The third-order valence-corrected chi connectivity index (χ3v) is 4.98. The van der Waals surface area contributed by atoms with Crippen LogP contribution < -0.4 is 0 Å². The second-order valence-corrected chi connectivity index (χ2v) is 5.16. The van der Waals surface area contributed by atoms with Crippen molar-refractivity contribution in [1.82, 2.24) is 0 Å². The number of carboxylic acids is 1. The molecule has 3 saturated carbocycles. The zero-order valence-corrected chi connectivity index (χ0v) is 7.83. The van der Waals surface area contributed by atoms with Crippen molar-refractivity contribution in [3.8, 4) is 0 Å². The molecule has 3 aliphatic carbocycles. The van der Waals surface area contributed by atoms with Crippen LogP contribution in [0.4, 0.5) is 0 Å². The van der Waals surface area contributed by atoms with E-state index in [0.717, 1.165) is 18.3 Å². The van der Waals surface area contributed by atoms with Crippen molar-refractivity contribution >= 4 is 5.97 Å². The molecule has 3 aliphatic rings. The molecule has 0 heterocycles. The number of hydrogen-bond donors (Lipinski definition) is 1. The van der Waals surface area contributed by atoms with Gasteiger partial charge in [0.1, 0.15) is 0 Å². The number of carboxylic acid groups (broad SMARTS) is 1. The number of hydrogen-bond acceptors (Lipinski definition) is 1. The Morgan fingerprint density at radius 2 is 2.15 bits per heavy atom. The highest BCUT2D eigenvalue weighted by Crippen LogP contribution is 2.68. The highest BCUT2D eigenvalue weighted by molar-refractivity contribution is 5.72. The molecule has 0 radical (unpaired) electrons. The fourth-order valence-corrected chi connectivity index (χ4v) is 4.57. The molecule has 3 rings (SSSR count). The van der Waals surface area contributed by atoms with Gasteiger partial charge < -0.3 is 5.11 Å². The topological polar surface area (TPSA) is 37.3 Å². The van der Waals surface area contributed by atoms with Gasteiger partial charge in [-0.2, -0.15) is 0 Å². The summed E-state index contributed by atoms with van der Waals surface area (Å²) in [4.78, 5) is 11.1. The van der Waals surface area contributed by atoms with Crippen LogP contribution in [0, 0.1) is 23.2 Å². The molecular weight excluding hydrogens is 164 g/mol. The van der Waals surface area contributed by atoms with Gasteiger partial charge in [0.05, 0.1) is 5.92 Å². The van der Waals surface area contributed by atoms with E-state index in [1.807, 2.05) is 0 Å². The number of aliphatic carboxylic acids is 1. The van der Waals surface area contributed by atoms with E-state index in [1.54, 1.807) is 0 Å². The minimum Gasteiger partial charge on any atom is -0.481 e. The summed E-state index contributed by atoms with van der Waals surface area (Å²) in [7, 11) is 0. The molecule has 0 aromatic rings. The Balaban J connectivity index is 1.99. The summed E-state index contributed by atoms with van der Waals surface area (Å²) < 4.78 is 0. The van der Waals surface area contributed by atoms with Crippen LogP contribution in [-0.2, 0) is 4.79 Å². The Bertz CT molecular complexity index is 257. The lowest BCUT2D eigenvalue weighted by molar-refractivity contribution is -0.146. The summed E-state index contributed by atoms with van der Waals surface area (Å²) in [6, 6.07) is 0. The predicted octanol–water partition coefficient (Wildman–Crippen LogP) is 2.29. The Hall–Kier alpha value is -0.530. The molecule has 2 heteroatoms. The Morgan fingerprint density at radius 3 is 2.92 bits per heavy atom. The normalized spacial score (nSPS) is 52.5. The average Bonchev–Trinajstić information content (AvgIpc) is 2.65. The standard InChI is InChI=1S/C11H16O2/c12-10(13)9-6-7-3-5-11(9)4-1-2-8(7)11/h7-9H,1-6H2,(H,12,13)/t7-,8+,9-,11-/m1/s1. The largest absolute Gasteiger partial charge is 0.481 e. The summed E-state index contributed by atoms with van der Waals surface area (Å²) in [5.41, 5.74) is 0.260. The molecule has 0 unspecified atom stereocenters. The summed E-state index contributed by atoms with van der Waals surface area (Å²) in [6.07, 6.45) is 7.30. The van der Waals surface area contributed by atoms with Gasteiger partial charge in [-0.05, 0) is 49.4 Å². The summed E-state index contributed by atoms with van der Waals surface area (Å²) >= 11 is 0. The lowest BCUT2D eigenvalue weighted by Gasteiger charge is -2.31. The monoisotopic (exact) mass is 180 g/mol. The van der Waals surface area contributed by atoms with E-state index in [0.29, 0.717) is 0 Å². The smallest absolute Gasteiger partial charge is 0.307 e. The molecule has 4 atom stereocenters. The van der Waals surface area contributed by atoms with E-state index in [4.69, 9.17) is 0 Å². The zero-order chi connectivity index (χ0) is 9.05. The Morgan fingerprint density at radius 1 is 1.31 bits per heavy atom. The van der Waals surface area contributed by atoms with Crippen molar-refractivity contribution in [3.05, 3.63) is 0 Å². The van der Waals surface area contributed by atoms with Crippen molar-refractivity contribution in [1.29, 1.82) is 0 Å². The van der Waals surface area contributed by atoms with Gasteiger partial charge in [-0.25, -0.2) is 0 Å². The highest BCUT2D eigenvalue weighted by Gasteiger charge is 2.62. The van der Waals surface area contributed by atoms with Crippen molar-refractivity contribution < 1.29 is 9.90 Å². The summed E-state index contributed by atoms with van der Waals surface area (Å²) in [5, 5.41) is 9.18. The lowest BCUT2D eigenvalue weighted by Crippen LogP contribution is -2.31. The maximum Gasteiger partial charge on any atom is 0.307 e. The van der Waals surface area contributed by atoms with E-state index in [1.165, 1.54) is 32.1 Å². The maximum absolute atomic E-state index is 11.1. The van der Waals surface area contributed by atoms with Crippen molar-refractivity contribution in [2.24, 2.45) is 23.2 Å². The first-order valence-corrected chi connectivity index (χ1v) is 5.47. The van der Waals surface area contributed by atoms with E-state index < -0.39 is 5.97 Å². The SMILES string of the molecule is O=C(O)[C@H]1C[C@H]2CC[C@@]13CCC[C@@H]23. The quantitative estimate of drug-likeness (QED) is 0.672. The molecule has 0 aromatic carbocycles. The lowest BCUT2D eigenvalue weighted by atomic mass is 9.72. The van der Waals surface area contributed by atoms with Crippen LogP contribution in [0.15, 0.2) is 0 Å². The van der Waals surface area contributed by atoms with Crippen LogP contribution in [0.1, 0.15) is 38.5 Å². The van der Waals surface area contributed by atoms with Crippen LogP contribution >= 0.6 is 0 Å². The van der Waals surface area contributed by atoms with Gasteiger partial charge in [0.15, 0.2) is 0 Å². The van der Waals surface area contributed by atoms with Gasteiger partial charge in [0, 0.05) is 0 Å². The summed E-state index contributed by atoms with van der Waals surface area (Å²) in [6.45, 7) is 0. The van der Waals surface area contributed by atoms with Crippen molar-refractivity contribution in [3.63, 3.8) is 0 Å². The number of carbonyl (C=O) groups is 1. The van der Waals surface area contributed by atoms with Crippen molar-refractivity contribution in [2.75, 3.05) is 0 Å². The van der Waals surface area contributed by atoms with Crippen LogP contribution in [0.2, 0.25) is 0 Å². The van der Waals surface area contributed by atoms with Gasteiger partial charge in [-0.15, -0.1) is 0 Å². The molecule has 13 heavy (non-hydrogen) atoms. The first kappa shape index (κ1) is 7.84. The first-order valence-electron chi connectivity index (χ1n) is 5.47. The fraction of sp³-hybridized carbons (Fsp3) is 0.909. The van der Waals surface area contributed by atoms with Crippen LogP contribution in [0.3, 0.4) is 0 Å². The van der Waals surface area contributed by atoms with Gasteiger partial charge in [0.25, 0.3) is 0 Å². The maximum atomic E-state index is 11.1. The van der Waals surface area contributed by atoms with Crippen molar-refractivity contribution in [2.45, 2.75) is 38.5 Å². The average molecular weight is 180 g/mol. The van der Waals surface area contributed by atoms with Gasteiger partial charge in [0.2, 0.25) is 0 Å². The first-order chi connectivity index (χ1) is 6.24. The molecule has 2 nitrogen and oxygen atoms in total. The third kappa shape index (κ3) is 0.773. The zero-order valence-electron chi connectivity index (χ0n) is 7.83. The van der Waals surface area contributed by atoms with E-state index in [-0.39, 0.29) is 11.3 Å². The molecule has 0 spiro atoms. The van der Waals surface area contributed by atoms with Gasteiger partial charge in [-0.3, -0.25) is 4.79 Å². The molecule has 0 saturated heterocycles.